The van der Waals surface area contributed by atoms with E-state index in [0.29, 0.717) is 49.1 Å². The van der Waals surface area contributed by atoms with Crippen molar-refractivity contribution < 1.29 is 14.5 Å². The van der Waals surface area contributed by atoms with Crippen LogP contribution in [0.25, 0.3) is 0 Å². The van der Waals surface area contributed by atoms with Gasteiger partial charge in [-0.1, -0.05) is 23.7 Å². The highest BCUT2D eigenvalue weighted by molar-refractivity contribution is 6.30. The molecule has 0 aliphatic carbocycles. The van der Waals surface area contributed by atoms with Gasteiger partial charge in [0.15, 0.2) is 0 Å². The van der Waals surface area contributed by atoms with Crippen LogP contribution in [-0.4, -0.2) is 42.0 Å². The molecule has 1 fully saturated rings. The van der Waals surface area contributed by atoms with Crippen molar-refractivity contribution in [3.05, 3.63) is 68.7 Å². The molecule has 0 unspecified atom stereocenters. The molecule has 3 rings (SSSR count). The van der Waals surface area contributed by atoms with Gasteiger partial charge in [0.05, 0.1) is 18.1 Å². The molecule has 26 heavy (non-hydrogen) atoms. The summed E-state index contributed by atoms with van der Waals surface area (Å²) in [5.74, 6) is -0.224. The van der Waals surface area contributed by atoms with Crippen molar-refractivity contribution in [2.24, 2.45) is 0 Å². The van der Waals surface area contributed by atoms with Crippen molar-refractivity contribution in [1.29, 1.82) is 0 Å². The number of amides is 1. The first-order valence-electron chi connectivity index (χ1n) is 8.18. The summed E-state index contributed by atoms with van der Waals surface area (Å²) in [4.78, 5) is 25.1. The molecule has 2 aromatic carbocycles. The fraction of sp³-hybridized carbons (Fsp3) is 0.278. The monoisotopic (exact) mass is 375 g/mol. The van der Waals surface area contributed by atoms with E-state index in [-0.39, 0.29) is 11.6 Å². The first-order valence-corrected chi connectivity index (χ1v) is 8.56. The summed E-state index contributed by atoms with van der Waals surface area (Å²) in [6.07, 6.45) is 0. The van der Waals surface area contributed by atoms with Crippen molar-refractivity contribution in [3.8, 4) is 0 Å². The van der Waals surface area contributed by atoms with E-state index in [4.69, 9.17) is 16.3 Å². The number of hydrogen-bond acceptors (Lipinski definition) is 5. The maximum Gasteiger partial charge on any atom is 0.293 e. The first kappa shape index (κ1) is 18.2. The number of carbonyl (C=O) groups excluding carboxylic acids is 1. The molecule has 1 aliphatic heterocycles. The predicted octanol–water partition coefficient (Wildman–Crippen LogP) is 3.33. The molecular weight excluding hydrogens is 358 g/mol. The van der Waals surface area contributed by atoms with Crippen LogP contribution in [0.1, 0.15) is 15.9 Å². The van der Waals surface area contributed by atoms with E-state index in [2.05, 4.69) is 5.32 Å². The van der Waals surface area contributed by atoms with E-state index in [9.17, 15) is 14.9 Å². The summed E-state index contributed by atoms with van der Waals surface area (Å²) < 4.78 is 5.23. The Morgan fingerprint density at radius 3 is 2.69 bits per heavy atom. The Morgan fingerprint density at radius 1 is 1.23 bits per heavy atom. The van der Waals surface area contributed by atoms with Gasteiger partial charge in [0.2, 0.25) is 0 Å². The number of rotatable bonds is 5. The van der Waals surface area contributed by atoms with Crippen molar-refractivity contribution in [2.75, 3.05) is 31.6 Å². The van der Waals surface area contributed by atoms with Gasteiger partial charge in [-0.15, -0.1) is 0 Å². The van der Waals surface area contributed by atoms with Gasteiger partial charge in [0.1, 0.15) is 5.69 Å². The highest BCUT2D eigenvalue weighted by atomic mass is 35.5. The number of nitrogens with one attached hydrogen (secondary N) is 1. The Hall–Kier alpha value is -2.64. The molecule has 0 spiro atoms. The minimum absolute atomic E-state index is 0.133. The lowest BCUT2D eigenvalue weighted by Gasteiger charge is -2.26. The van der Waals surface area contributed by atoms with Crippen LogP contribution in [0.5, 0.6) is 0 Å². The number of anilines is 1. The fourth-order valence-electron chi connectivity index (χ4n) is 2.76. The zero-order valence-electron chi connectivity index (χ0n) is 14.0. The molecule has 0 saturated carbocycles. The lowest BCUT2D eigenvalue weighted by molar-refractivity contribution is -0.384. The fourth-order valence-corrected chi connectivity index (χ4v) is 2.97. The second-order valence-electron chi connectivity index (χ2n) is 5.88. The van der Waals surface area contributed by atoms with Crippen LogP contribution < -0.4 is 5.32 Å². The topological polar surface area (TPSA) is 84.7 Å². The van der Waals surface area contributed by atoms with Crippen molar-refractivity contribution in [2.45, 2.75) is 6.54 Å². The van der Waals surface area contributed by atoms with Crippen LogP contribution in [0.3, 0.4) is 0 Å². The normalized spacial score (nSPS) is 14.1. The molecule has 1 heterocycles. The summed E-state index contributed by atoms with van der Waals surface area (Å²) in [6.45, 7) is 2.32. The second-order valence-corrected chi connectivity index (χ2v) is 6.31. The molecule has 136 valence electrons. The Balaban J connectivity index is 1.78. The van der Waals surface area contributed by atoms with E-state index >= 15 is 0 Å². The summed E-state index contributed by atoms with van der Waals surface area (Å²) in [7, 11) is 0. The minimum atomic E-state index is -0.490. The largest absolute Gasteiger partial charge is 0.378 e. The molecule has 8 heteroatoms. The number of carbonyl (C=O) groups is 1. The number of hydrogen-bond donors (Lipinski definition) is 1. The first-order chi connectivity index (χ1) is 12.5. The summed E-state index contributed by atoms with van der Waals surface area (Å²) in [5, 5.41) is 15.1. The maximum atomic E-state index is 12.5. The number of benzene rings is 2. The predicted molar refractivity (Wildman–Crippen MR) is 98.6 cm³/mol. The van der Waals surface area contributed by atoms with Crippen molar-refractivity contribution >= 4 is 28.9 Å². The number of morpholine rings is 1. The Morgan fingerprint density at radius 2 is 2.00 bits per heavy atom. The quantitative estimate of drug-likeness (QED) is 0.640. The van der Waals surface area contributed by atoms with Crippen LogP contribution in [0.2, 0.25) is 5.02 Å². The Bertz CT molecular complexity index is 822. The van der Waals surface area contributed by atoms with Gasteiger partial charge in [-0.3, -0.25) is 14.9 Å². The van der Waals surface area contributed by atoms with Crippen LogP contribution in [0.4, 0.5) is 11.4 Å². The number of halogens is 1. The molecular formula is C18H18ClN3O4. The van der Waals surface area contributed by atoms with Gasteiger partial charge >= 0.3 is 0 Å². The van der Waals surface area contributed by atoms with E-state index < -0.39 is 4.92 Å². The number of nitro groups is 1. The van der Waals surface area contributed by atoms with Crippen LogP contribution in [-0.2, 0) is 11.3 Å². The highest BCUT2D eigenvalue weighted by Gasteiger charge is 2.22. The average Bonchev–Trinajstić information content (AvgIpc) is 2.66. The molecule has 0 bridgehead atoms. The summed E-state index contributed by atoms with van der Waals surface area (Å²) >= 11 is 5.95. The van der Waals surface area contributed by atoms with Gasteiger partial charge in [0, 0.05) is 36.3 Å². The third-order valence-electron chi connectivity index (χ3n) is 4.11. The maximum absolute atomic E-state index is 12.5. The van der Waals surface area contributed by atoms with E-state index in [1.807, 2.05) is 12.1 Å². The van der Waals surface area contributed by atoms with Crippen molar-refractivity contribution in [1.82, 2.24) is 4.90 Å². The SMILES string of the molecule is O=C(c1ccc(NCc2cccc(Cl)c2)c([N+](=O)[O-])c1)N1CCOCC1. The van der Waals surface area contributed by atoms with Gasteiger partial charge in [0.25, 0.3) is 11.6 Å². The van der Waals surface area contributed by atoms with Crippen LogP contribution in [0.15, 0.2) is 42.5 Å². The van der Waals surface area contributed by atoms with E-state index in [1.54, 1.807) is 29.2 Å². The van der Waals surface area contributed by atoms with Gasteiger partial charge in [-0.2, -0.15) is 0 Å². The van der Waals surface area contributed by atoms with E-state index in [0.717, 1.165) is 5.56 Å². The number of nitrogens with zero attached hydrogens (tertiary/aromatic N) is 2. The summed E-state index contributed by atoms with van der Waals surface area (Å²) in [5.41, 5.74) is 1.42. The average molecular weight is 376 g/mol. The van der Waals surface area contributed by atoms with Gasteiger partial charge in [-0.25, -0.2) is 0 Å². The molecule has 0 atom stereocenters. The van der Waals surface area contributed by atoms with Crippen molar-refractivity contribution in [3.63, 3.8) is 0 Å². The smallest absolute Gasteiger partial charge is 0.293 e. The highest BCUT2D eigenvalue weighted by Crippen LogP contribution is 2.27. The third kappa shape index (κ3) is 4.30. The van der Waals surface area contributed by atoms with Gasteiger partial charge in [-0.05, 0) is 29.8 Å². The lowest BCUT2D eigenvalue weighted by atomic mass is 10.1. The number of nitro benzene ring substituents is 1. The van der Waals surface area contributed by atoms with Crippen LogP contribution in [0, 0.1) is 10.1 Å². The standard InChI is InChI=1S/C18H18ClN3O4/c19-15-3-1-2-13(10-15)12-20-16-5-4-14(11-17(16)22(24)25)18(23)21-6-8-26-9-7-21/h1-5,10-11,20H,6-9,12H2. The molecule has 1 aliphatic rings. The number of ether oxygens (including phenoxy) is 1. The Kier molecular flexibility index (Phi) is 5.70. The zero-order chi connectivity index (χ0) is 18.5. The summed E-state index contributed by atoms with van der Waals surface area (Å²) in [6, 6.07) is 11.7. The molecule has 0 aromatic heterocycles. The molecule has 7 nitrogen and oxygen atoms in total. The Labute approximate surface area is 155 Å². The minimum Gasteiger partial charge on any atom is -0.378 e. The molecule has 1 saturated heterocycles. The molecule has 1 amide bonds. The van der Waals surface area contributed by atoms with E-state index in [1.165, 1.54) is 6.07 Å². The molecule has 1 N–H and O–H groups in total. The van der Waals surface area contributed by atoms with Crippen LogP contribution >= 0.6 is 11.6 Å². The zero-order valence-corrected chi connectivity index (χ0v) is 14.7. The lowest BCUT2D eigenvalue weighted by Crippen LogP contribution is -2.40. The second kappa shape index (κ2) is 8.16. The third-order valence-corrected chi connectivity index (χ3v) is 4.35. The molecule has 0 radical (unpaired) electrons. The molecule has 2 aromatic rings. The van der Waals surface area contributed by atoms with Gasteiger partial charge < -0.3 is 15.0 Å².